The van der Waals surface area contributed by atoms with E-state index in [-0.39, 0.29) is 5.82 Å². The number of halogens is 1. The molecule has 0 amide bonds. The van der Waals surface area contributed by atoms with E-state index in [2.05, 4.69) is 9.97 Å². The van der Waals surface area contributed by atoms with Gasteiger partial charge in [0.25, 0.3) is 0 Å². The molecule has 0 saturated carbocycles. The molecule has 0 aliphatic rings. The number of carbonyl (C=O) groups is 1. The van der Waals surface area contributed by atoms with E-state index in [0.717, 1.165) is 21.7 Å². The second-order valence-corrected chi connectivity index (χ2v) is 6.27. The Hall–Kier alpha value is -2.47. The van der Waals surface area contributed by atoms with Crippen molar-refractivity contribution in [2.75, 3.05) is 12.9 Å². The molecule has 0 unspecified atom stereocenters. The molecule has 0 fully saturated rings. The lowest BCUT2D eigenvalue weighted by Crippen LogP contribution is -2.02. The number of thioether (sulfide) groups is 1. The Balaban J connectivity index is 2.19. The van der Waals surface area contributed by atoms with E-state index >= 15 is 0 Å². The average Bonchev–Trinajstić information content (AvgIpc) is 2.61. The highest BCUT2D eigenvalue weighted by Gasteiger charge is 2.13. The topological polar surface area (TPSA) is 52.1 Å². The number of esters is 1. The summed E-state index contributed by atoms with van der Waals surface area (Å²) in [6.45, 7) is 2.04. The highest BCUT2D eigenvalue weighted by molar-refractivity contribution is 7.99. The standard InChI is InChI=1S/C18H15FN2O2S/c1-3-24-17-14-9-6-12(18(22)23-2)10-15(14)20-16(21-17)11-4-7-13(19)8-5-11/h4-10H,3H2,1-2H3. The molecule has 0 aliphatic heterocycles. The third kappa shape index (κ3) is 3.23. The first-order chi connectivity index (χ1) is 11.6. The van der Waals surface area contributed by atoms with Crippen molar-refractivity contribution in [2.45, 2.75) is 11.9 Å². The molecule has 4 nitrogen and oxygen atoms in total. The van der Waals surface area contributed by atoms with E-state index in [1.807, 2.05) is 13.0 Å². The minimum absolute atomic E-state index is 0.310. The molecule has 0 bridgehead atoms. The number of fused-ring (bicyclic) bond motifs is 1. The molecular formula is C18H15FN2O2S. The van der Waals surface area contributed by atoms with E-state index in [9.17, 15) is 9.18 Å². The van der Waals surface area contributed by atoms with Crippen LogP contribution in [-0.4, -0.2) is 28.8 Å². The van der Waals surface area contributed by atoms with E-state index < -0.39 is 5.97 Å². The molecular weight excluding hydrogens is 327 g/mol. The molecule has 0 radical (unpaired) electrons. The van der Waals surface area contributed by atoms with Gasteiger partial charge in [-0.15, -0.1) is 11.8 Å². The Bertz CT molecular complexity index is 897. The highest BCUT2D eigenvalue weighted by atomic mass is 32.2. The van der Waals surface area contributed by atoms with E-state index in [1.165, 1.54) is 19.2 Å². The van der Waals surface area contributed by atoms with Crippen LogP contribution in [0.2, 0.25) is 0 Å². The zero-order valence-electron chi connectivity index (χ0n) is 13.2. The van der Waals surface area contributed by atoms with Crippen molar-refractivity contribution in [3.8, 4) is 11.4 Å². The van der Waals surface area contributed by atoms with Crippen molar-refractivity contribution >= 4 is 28.6 Å². The van der Waals surface area contributed by atoms with Gasteiger partial charge in [0.1, 0.15) is 10.8 Å². The van der Waals surface area contributed by atoms with Crippen molar-refractivity contribution in [1.29, 1.82) is 0 Å². The summed E-state index contributed by atoms with van der Waals surface area (Å²) in [6, 6.07) is 11.3. The van der Waals surface area contributed by atoms with Crippen molar-refractivity contribution in [3.05, 3.63) is 53.8 Å². The van der Waals surface area contributed by atoms with Gasteiger partial charge in [0, 0.05) is 10.9 Å². The smallest absolute Gasteiger partial charge is 0.337 e. The molecule has 0 N–H and O–H groups in total. The number of carbonyl (C=O) groups excluding carboxylic acids is 1. The number of ether oxygens (including phenoxy) is 1. The van der Waals surface area contributed by atoms with Crippen LogP contribution < -0.4 is 0 Å². The summed E-state index contributed by atoms with van der Waals surface area (Å²) in [6.07, 6.45) is 0. The summed E-state index contributed by atoms with van der Waals surface area (Å²) in [5.74, 6) is 0.632. The van der Waals surface area contributed by atoms with Gasteiger partial charge in [-0.2, -0.15) is 0 Å². The number of benzene rings is 2. The Labute approximate surface area is 143 Å². The first-order valence-corrected chi connectivity index (χ1v) is 8.39. The summed E-state index contributed by atoms with van der Waals surface area (Å²) < 4.78 is 17.9. The molecule has 1 aromatic heterocycles. The van der Waals surface area contributed by atoms with Crippen LogP contribution in [0.5, 0.6) is 0 Å². The molecule has 24 heavy (non-hydrogen) atoms. The highest BCUT2D eigenvalue weighted by Crippen LogP contribution is 2.29. The average molecular weight is 342 g/mol. The lowest BCUT2D eigenvalue weighted by atomic mass is 10.1. The van der Waals surface area contributed by atoms with Gasteiger partial charge in [-0.05, 0) is 48.2 Å². The van der Waals surface area contributed by atoms with Gasteiger partial charge in [0.2, 0.25) is 0 Å². The predicted molar refractivity (Wildman–Crippen MR) is 92.7 cm³/mol. The number of methoxy groups -OCH3 is 1. The summed E-state index contributed by atoms with van der Waals surface area (Å²) in [7, 11) is 1.34. The van der Waals surface area contributed by atoms with E-state index in [4.69, 9.17) is 4.74 Å². The maximum absolute atomic E-state index is 13.1. The summed E-state index contributed by atoms with van der Waals surface area (Å²) in [5.41, 5.74) is 1.81. The van der Waals surface area contributed by atoms with E-state index in [0.29, 0.717) is 16.9 Å². The number of rotatable bonds is 4. The zero-order valence-corrected chi connectivity index (χ0v) is 14.1. The molecule has 1 heterocycles. The van der Waals surface area contributed by atoms with Crippen molar-refractivity contribution in [2.24, 2.45) is 0 Å². The van der Waals surface area contributed by atoms with Crippen LogP contribution in [-0.2, 0) is 4.74 Å². The van der Waals surface area contributed by atoms with Gasteiger partial charge in [-0.1, -0.05) is 6.92 Å². The predicted octanol–water partition coefficient (Wildman–Crippen LogP) is 4.33. The number of aromatic nitrogens is 2. The SMILES string of the molecule is CCSc1nc(-c2ccc(F)cc2)nc2cc(C(=O)OC)ccc12. The van der Waals surface area contributed by atoms with Crippen LogP contribution in [0.3, 0.4) is 0 Å². The van der Waals surface area contributed by atoms with Gasteiger partial charge in [-0.3, -0.25) is 0 Å². The van der Waals surface area contributed by atoms with Gasteiger partial charge >= 0.3 is 5.97 Å². The quantitative estimate of drug-likeness (QED) is 0.401. The van der Waals surface area contributed by atoms with Gasteiger partial charge in [0.05, 0.1) is 18.2 Å². The molecule has 0 aliphatic carbocycles. The Morgan fingerprint density at radius 2 is 1.92 bits per heavy atom. The molecule has 0 atom stereocenters. The van der Waals surface area contributed by atoms with Crippen molar-refractivity contribution < 1.29 is 13.9 Å². The van der Waals surface area contributed by atoms with Crippen LogP contribution in [0.25, 0.3) is 22.3 Å². The van der Waals surface area contributed by atoms with Crippen molar-refractivity contribution in [3.63, 3.8) is 0 Å². The Morgan fingerprint density at radius 1 is 1.17 bits per heavy atom. The molecule has 3 rings (SSSR count). The van der Waals surface area contributed by atoms with E-state index in [1.54, 1.807) is 36.0 Å². The molecule has 3 aromatic rings. The normalized spacial score (nSPS) is 10.8. The van der Waals surface area contributed by atoms with Crippen LogP contribution >= 0.6 is 11.8 Å². The Kier molecular flexibility index (Phi) is 4.76. The van der Waals surface area contributed by atoms with Crippen LogP contribution in [0, 0.1) is 5.82 Å². The lowest BCUT2D eigenvalue weighted by molar-refractivity contribution is 0.0601. The zero-order chi connectivity index (χ0) is 17.1. The first kappa shape index (κ1) is 16.4. The first-order valence-electron chi connectivity index (χ1n) is 7.41. The second kappa shape index (κ2) is 6.97. The summed E-state index contributed by atoms with van der Waals surface area (Å²) >= 11 is 1.60. The second-order valence-electron chi connectivity index (χ2n) is 5.02. The fourth-order valence-corrected chi connectivity index (χ4v) is 3.07. The third-order valence-electron chi connectivity index (χ3n) is 3.47. The summed E-state index contributed by atoms with van der Waals surface area (Å²) in [5, 5.41) is 1.71. The number of hydrogen-bond acceptors (Lipinski definition) is 5. The number of hydrogen-bond donors (Lipinski definition) is 0. The van der Waals surface area contributed by atoms with Crippen LogP contribution in [0.15, 0.2) is 47.5 Å². The summed E-state index contributed by atoms with van der Waals surface area (Å²) in [4.78, 5) is 20.9. The lowest BCUT2D eigenvalue weighted by Gasteiger charge is -2.09. The monoisotopic (exact) mass is 342 g/mol. The molecule has 2 aromatic carbocycles. The largest absolute Gasteiger partial charge is 0.465 e. The van der Waals surface area contributed by atoms with Gasteiger partial charge in [-0.25, -0.2) is 19.2 Å². The van der Waals surface area contributed by atoms with Crippen LogP contribution in [0.1, 0.15) is 17.3 Å². The molecule has 0 spiro atoms. The maximum Gasteiger partial charge on any atom is 0.337 e. The number of nitrogens with zero attached hydrogens (tertiary/aromatic N) is 2. The maximum atomic E-state index is 13.1. The third-order valence-corrected chi connectivity index (χ3v) is 4.34. The fraction of sp³-hybridized carbons (Fsp3) is 0.167. The Morgan fingerprint density at radius 3 is 2.58 bits per heavy atom. The minimum atomic E-state index is -0.413. The van der Waals surface area contributed by atoms with Crippen molar-refractivity contribution in [1.82, 2.24) is 9.97 Å². The molecule has 0 saturated heterocycles. The van der Waals surface area contributed by atoms with Gasteiger partial charge in [0.15, 0.2) is 5.82 Å². The van der Waals surface area contributed by atoms with Crippen LogP contribution in [0.4, 0.5) is 4.39 Å². The molecule has 122 valence electrons. The van der Waals surface area contributed by atoms with Gasteiger partial charge < -0.3 is 4.74 Å². The molecule has 6 heteroatoms. The minimum Gasteiger partial charge on any atom is -0.465 e. The fourth-order valence-electron chi connectivity index (χ4n) is 2.32.